The average Bonchev–Trinajstić information content (AvgIpc) is 2.54. The monoisotopic (exact) mass is 324 g/mol. The molecule has 2 rings (SSSR count). The van der Waals surface area contributed by atoms with Gasteiger partial charge in [-0.15, -0.1) is 0 Å². The summed E-state index contributed by atoms with van der Waals surface area (Å²) in [5, 5.41) is 0. The Morgan fingerprint density at radius 1 is 1.22 bits per heavy atom. The first-order chi connectivity index (χ1) is 10.9. The third-order valence-electron chi connectivity index (χ3n) is 3.13. The van der Waals surface area contributed by atoms with Gasteiger partial charge in [0.25, 0.3) is 5.91 Å². The molecule has 1 amide bonds. The van der Waals surface area contributed by atoms with Crippen molar-refractivity contribution in [2.24, 2.45) is 0 Å². The fourth-order valence-electron chi connectivity index (χ4n) is 1.85. The lowest BCUT2D eigenvalue weighted by Crippen LogP contribution is -2.30. The molecule has 1 aromatic heterocycles. The van der Waals surface area contributed by atoms with Crippen molar-refractivity contribution in [1.29, 1.82) is 0 Å². The number of benzene rings is 1. The predicted molar refractivity (Wildman–Crippen MR) is 78.1 cm³/mol. The number of hydrogen-bond acceptors (Lipinski definition) is 3. The normalized spacial score (nSPS) is 11.1. The molecule has 1 aromatic carbocycles. The minimum Gasteiger partial charge on any atom is -0.492 e. The number of rotatable bonds is 5. The minimum absolute atomic E-state index is 0.174. The fraction of sp³-hybridized carbons (Fsp3) is 0.250. The van der Waals surface area contributed by atoms with Gasteiger partial charge in [-0.25, -0.2) is 0 Å². The van der Waals surface area contributed by atoms with Gasteiger partial charge in [-0.1, -0.05) is 0 Å². The molecule has 4 nitrogen and oxygen atoms in total. The van der Waals surface area contributed by atoms with E-state index in [0.29, 0.717) is 17.9 Å². The maximum Gasteiger partial charge on any atom is 0.416 e. The molecule has 0 bridgehead atoms. The molecular weight excluding hydrogens is 309 g/mol. The van der Waals surface area contributed by atoms with Crippen LogP contribution in [-0.4, -0.2) is 36.0 Å². The van der Waals surface area contributed by atoms with E-state index in [1.54, 1.807) is 25.4 Å². The molecule has 2 aromatic rings. The second kappa shape index (κ2) is 7.13. The van der Waals surface area contributed by atoms with E-state index in [0.717, 1.165) is 12.1 Å². The highest BCUT2D eigenvalue weighted by Gasteiger charge is 2.30. The van der Waals surface area contributed by atoms with E-state index in [-0.39, 0.29) is 12.5 Å². The number of hydrogen-bond donors (Lipinski definition) is 0. The van der Waals surface area contributed by atoms with E-state index >= 15 is 0 Å². The quantitative estimate of drug-likeness (QED) is 0.848. The van der Waals surface area contributed by atoms with Gasteiger partial charge in [0, 0.05) is 19.4 Å². The zero-order valence-corrected chi connectivity index (χ0v) is 12.4. The van der Waals surface area contributed by atoms with Crippen LogP contribution < -0.4 is 4.74 Å². The van der Waals surface area contributed by atoms with Gasteiger partial charge in [0.15, 0.2) is 0 Å². The van der Waals surface area contributed by atoms with Crippen LogP contribution in [0.4, 0.5) is 13.2 Å². The smallest absolute Gasteiger partial charge is 0.416 e. The lowest BCUT2D eigenvalue weighted by Gasteiger charge is -2.17. The van der Waals surface area contributed by atoms with Crippen molar-refractivity contribution < 1.29 is 22.7 Å². The molecule has 0 unspecified atom stereocenters. The summed E-state index contributed by atoms with van der Waals surface area (Å²) >= 11 is 0. The summed E-state index contributed by atoms with van der Waals surface area (Å²) in [6.07, 6.45) is -1.32. The number of pyridine rings is 1. The highest BCUT2D eigenvalue weighted by atomic mass is 19.4. The molecule has 0 fully saturated rings. The number of likely N-dealkylation sites (N-methyl/N-ethyl adjacent to an activating group) is 1. The van der Waals surface area contributed by atoms with Gasteiger partial charge in [-0.2, -0.15) is 13.2 Å². The molecule has 0 radical (unpaired) electrons. The Balaban J connectivity index is 1.84. The average molecular weight is 324 g/mol. The number of aromatic nitrogens is 1. The highest BCUT2D eigenvalue weighted by Crippen LogP contribution is 2.30. The molecule has 0 atom stereocenters. The van der Waals surface area contributed by atoms with E-state index in [1.165, 1.54) is 23.2 Å². The topological polar surface area (TPSA) is 42.4 Å². The van der Waals surface area contributed by atoms with Crippen LogP contribution in [0.5, 0.6) is 5.75 Å². The van der Waals surface area contributed by atoms with Crippen molar-refractivity contribution in [3.8, 4) is 5.75 Å². The van der Waals surface area contributed by atoms with Crippen LogP contribution in [0.3, 0.4) is 0 Å². The Kier molecular flexibility index (Phi) is 5.20. The van der Waals surface area contributed by atoms with Crippen LogP contribution >= 0.6 is 0 Å². The van der Waals surface area contributed by atoms with E-state index in [9.17, 15) is 18.0 Å². The summed E-state index contributed by atoms with van der Waals surface area (Å²) < 4.78 is 42.7. The van der Waals surface area contributed by atoms with Crippen molar-refractivity contribution in [1.82, 2.24) is 9.88 Å². The number of halogens is 3. The Morgan fingerprint density at radius 3 is 2.48 bits per heavy atom. The molecule has 0 saturated heterocycles. The molecule has 1 heterocycles. The number of carbonyl (C=O) groups excluding carboxylic acids is 1. The van der Waals surface area contributed by atoms with Gasteiger partial charge in [-0.3, -0.25) is 9.78 Å². The van der Waals surface area contributed by atoms with Crippen molar-refractivity contribution >= 4 is 5.91 Å². The van der Waals surface area contributed by atoms with Crippen LogP contribution in [0.1, 0.15) is 15.9 Å². The molecule has 0 aliphatic heterocycles. The fourth-order valence-corrected chi connectivity index (χ4v) is 1.85. The van der Waals surface area contributed by atoms with Crippen molar-refractivity contribution in [2.75, 3.05) is 20.2 Å². The third kappa shape index (κ3) is 4.70. The highest BCUT2D eigenvalue weighted by molar-refractivity contribution is 5.93. The lowest BCUT2D eigenvalue weighted by molar-refractivity contribution is -0.137. The van der Waals surface area contributed by atoms with Crippen LogP contribution in [0.15, 0.2) is 48.8 Å². The first-order valence-corrected chi connectivity index (χ1v) is 6.83. The van der Waals surface area contributed by atoms with Gasteiger partial charge in [-0.05, 0) is 36.4 Å². The third-order valence-corrected chi connectivity index (χ3v) is 3.13. The Labute approximate surface area is 131 Å². The van der Waals surface area contributed by atoms with Gasteiger partial charge >= 0.3 is 6.18 Å². The number of carbonyl (C=O) groups is 1. The molecule has 0 saturated carbocycles. The SMILES string of the molecule is CN(CCOc1ccc(C(F)(F)F)cc1)C(=O)c1cccnc1. The second-order valence-electron chi connectivity index (χ2n) is 4.84. The van der Waals surface area contributed by atoms with E-state index in [1.807, 2.05) is 0 Å². The summed E-state index contributed by atoms with van der Waals surface area (Å²) in [5.74, 6) is 0.120. The molecule has 23 heavy (non-hydrogen) atoms. The van der Waals surface area contributed by atoms with Gasteiger partial charge in [0.1, 0.15) is 12.4 Å². The first kappa shape index (κ1) is 16.8. The van der Waals surface area contributed by atoms with E-state index in [4.69, 9.17) is 4.74 Å². The van der Waals surface area contributed by atoms with Crippen molar-refractivity contribution in [3.63, 3.8) is 0 Å². The summed E-state index contributed by atoms with van der Waals surface area (Å²) in [7, 11) is 1.62. The lowest BCUT2D eigenvalue weighted by atomic mass is 10.2. The molecule has 0 N–H and O–H groups in total. The molecular formula is C16H15F3N2O2. The Bertz CT molecular complexity index is 643. The summed E-state index contributed by atoms with van der Waals surface area (Å²) in [4.78, 5) is 17.4. The largest absolute Gasteiger partial charge is 0.492 e. The standard InChI is InChI=1S/C16H15F3N2O2/c1-21(15(22)12-3-2-8-20-11-12)9-10-23-14-6-4-13(5-7-14)16(17,18)19/h2-8,11H,9-10H2,1H3. The van der Waals surface area contributed by atoms with Crippen molar-refractivity contribution in [2.45, 2.75) is 6.18 Å². The zero-order valence-electron chi connectivity index (χ0n) is 12.4. The second-order valence-corrected chi connectivity index (χ2v) is 4.84. The van der Waals surface area contributed by atoms with Gasteiger partial charge in [0.05, 0.1) is 17.7 Å². The zero-order chi connectivity index (χ0) is 16.9. The summed E-state index contributed by atoms with van der Waals surface area (Å²) in [6.45, 7) is 0.475. The maximum atomic E-state index is 12.4. The van der Waals surface area contributed by atoms with Crippen LogP contribution in [0.2, 0.25) is 0 Å². The van der Waals surface area contributed by atoms with Gasteiger partial charge < -0.3 is 9.64 Å². The molecule has 0 aliphatic rings. The van der Waals surface area contributed by atoms with Crippen LogP contribution in [0.25, 0.3) is 0 Å². The number of nitrogens with zero attached hydrogens (tertiary/aromatic N) is 2. The van der Waals surface area contributed by atoms with E-state index < -0.39 is 11.7 Å². The predicted octanol–water partition coefficient (Wildman–Crippen LogP) is 3.25. The molecule has 0 aliphatic carbocycles. The number of ether oxygens (including phenoxy) is 1. The first-order valence-electron chi connectivity index (χ1n) is 6.83. The van der Waals surface area contributed by atoms with Crippen molar-refractivity contribution in [3.05, 3.63) is 59.9 Å². The summed E-state index contributed by atoms with van der Waals surface area (Å²) in [5.41, 5.74) is -0.266. The van der Waals surface area contributed by atoms with Crippen LogP contribution in [0, 0.1) is 0 Å². The Hall–Kier alpha value is -2.57. The number of amides is 1. The minimum atomic E-state index is -4.37. The Morgan fingerprint density at radius 2 is 1.91 bits per heavy atom. The molecule has 0 spiro atoms. The van der Waals surface area contributed by atoms with Crippen LogP contribution in [-0.2, 0) is 6.18 Å². The molecule has 7 heteroatoms. The summed E-state index contributed by atoms with van der Waals surface area (Å²) in [6, 6.07) is 7.75. The molecule has 122 valence electrons. The number of alkyl halides is 3. The maximum absolute atomic E-state index is 12.4. The van der Waals surface area contributed by atoms with E-state index in [2.05, 4.69) is 4.98 Å². The van der Waals surface area contributed by atoms with Gasteiger partial charge in [0.2, 0.25) is 0 Å².